The van der Waals surface area contributed by atoms with Gasteiger partial charge in [-0.25, -0.2) is 4.98 Å². The Hall–Kier alpha value is -2.74. The number of hydrogen-bond donors (Lipinski definition) is 1. The number of nitrogens with one attached hydrogen (secondary N) is 1. The fraction of sp³-hybridized carbons (Fsp3) is 0.333. The number of amides is 1. The summed E-state index contributed by atoms with van der Waals surface area (Å²) in [6.07, 6.45) is 0.275. The number of hydrogen-bond acceptors (Lipinski definition) is 6. The van der Waals surface area contributed by atoms with E-state index in [1.807, 2.05) is 36.4 Å². The molecule has 31 heavy (non-hydrogen) atoms. The molecule has 2 aromatic carbocycles. The lowest BCUT2D eigenvalue weighted by molar-refractivity contribution is -0.0212. The van der Waals surface area contributed by atoms with E-state index in [4.69, 9.17) is 9.47 Å². The Morgan fingerprint density at radius 1 is 1.26 bits per heavy atom. The zero-order valence-electron chi connectivity index (χ0n) is 17.8. The topological polar surface area (TPSA) is 63.7 Å². The van der Waals surface area contributed by atoms with Crippen LogP contribution in [0.2, 0.25) is 0 Å². The summed E-state index contributed by atoms with van der Waals surface area (Å²) in [6.45, 7) is 6.15. The molecule has 7 heteroatoms. The molecule has 1 amide bonds. The molecule has 0 saturated carbocycles. The molecule has 0 aliphatic carbocycles. The standard InChI is InChI=1S/C24H27N3O3S/c1-17-14-27(10-11-30-17)15-19-5-3-4-18(12-19)13-25-23(28)22-16-31-24(26-22)20-6-8-21(29-2)9-7-20/h3-9,12,16-17H,10-11,13-15H2,1-2H3,(H,25,28). The molecule has 3 aromatic rings. The van der Waals surface area contributed by atoms with Crippen molar-refractivity contribution in [3.63, 3.8) is 0 Å². The summed E-state index contributed by atoms with van der Waals surface area (Å²) in [5, 5.41) is 5.60. The molecular formula is C24H27N3O3S. The Morgan fingerprint density at radius 2 is 2.06 bits per heavy atom. The maximum atomic E-state index is 12.6. The normalized spacial score (nSPS) is 16.8. The molecule has 1 atom stereocenters. The quantitative estimate of drug-likeness (QED) is 0.606. The van der Waals surface area contributed by atoms with Gasteiger partial charge in [0.05, 0.1) is 19.8 Å². The van der Waals surface area contributed by atoms with Gasteiger partial charge < -0.3 is 14.8 Å². The highest BCUT2D eigenvalue weighted by molar-refractivity contribution is 7.13. The zero-order valence-corrected chi connectivity index (χ0v) is 18.7. The van der Waals surface area contributed by atoms with Gasteiger partial charge in [-0.05, 0) is 42.3 Å². The molecule has 2 heterocycles. The number of thiazole rings is 1. The van der Waals surface area contributed by atoms with E-state index >= 15 is 0 Å². The first-order valence-electron chi connectivity index (χ1n) is 10.4. The van der Waals surface area contributed by atoms with Gasteiger partial charge in [-0.1, -0.05) is 24.3 Å². The minimum Gasteiger partial charge on any atom is -0.497 e. The predicted molar refractivity (Wildman–Crippen MR) is 122 cm³/mol. The summed E-state index contributed by atoms with van der Waals surface area (Å²) >= 11 is 1.46. The van der Waals surface area contributed by atoms with Crippen LogP contribution in [0.4, 0.5) is 0 Å². The number of aromatic nitrogens is 1. The van der Waals surface area contributed by atoms with Crippen LogP contribution in [0.15, 0.2) is 53.9 Å². The molecule has 1 fully saturated rings. The largest absolute Gasteiger partial charge is 0.497 e. The first kappa shape index (κ1) is 21.5. The Kier molecular flexibility index (Phi) is 6.96. The minimum absolute atomic E-state index is 0.164. The van der Waals surface area contributed by atoms with Crippen LogP contribution >= 0.6 is 11.3 Å². The number of carbonyl (C=O) groups excluding carboxylic acids is 1. The van der Waals surface area contributed by atoms with Crippen LogP contribution in [-0.2, 0) is 17.8 Å². The number of ether oxygens (including phenoxy) is 2. The molecule has 1 N–H and O–H groups in total. The van der Waals surface area contributed by atoms with Gasteiger partial charge in [0, 0.05) is 37.1 Å². The van der Waals surface area contributed by atoms with Crippen molar-refractivity contribution in [3.8, 4) is 16.3 Å². The van der Waals surface area contributed by atoms with Crippen molar-refractivity contribution in [1.29, 1.82) is 0 Å². The van der Waals surface area contributed by atoms with Crippen molar-refractivity contribution in [3.05, 3.63) is 70.7 Å². The van der Waals surface area contributed by atoms with Gasteiger partial charge in [-0.15, -0.1) is 11.3 Å². The number of benzene rings is 2. The highest BCUT2D eigenvalue weighted by atomic mass is 32.1. The van der Waals surface area contributed by atoms with Crippen molar-refractivity contribution in [2.24, 2.45) is 0 Å². The van der Waals surface area contributed by atoms with Crippen molar-refractivity contribution in [1.82, 2.24) is 15.2 Å². The summed E-state index contributed by atoms with van der Waals surface area (Å²) < 4.78 is 10.8. The minimum atomic E-state index is -0.164. The van der Waals surface area contributed by atoms with E-state index in [0.29, 0.717) is 12.2 Å². The molecule has 1 aromatic heterocycles. The predicted octanol–water partition coefficient (Wildman–Crippen LogP) is 3.97. The Morgan fingerprint density at radius 3 is 2.84 bits per heavy atom. The van der Waals surface area contributed by atoms with Crippen LogP contribution in [0, 0.1) is 0 Å². The fourth-order valence-electron chi connectivity index (χ4n) is 3.65. The smallest absolute Gasteiger partial charge is 0.271 e. The second-order valence-electron chi connectivity index (χ2n) is 7.69. The third kappa shape index (κ3) is 5.70. The number of methoxy groups -OCH3 is 1. The van der Waals surface area contributed by atoms with Gasteiger partial charge in [0.15, 0.2) is 0 Å². The van der Waals surface area contributed by atoms with E-state index in [2.05, 4.69) is 34.3 Å². The van der Waals surface area contributed by atoms with Crippen LogP contribution in [0.1, 0.15) is 28.5 Å². The molecule has 0 spiro atoms. The van der Waals surface area contributed by atoms with E-state index in [1.165, 1.54) is 16.9 Å². The number of rotatable bonds is 7. The molecule has 1 aliphatic rings. The van der Waals surface area contributed by atoms with Crippen LogP contribution in [0.5, 0.6) is 5.75 Å². The molecule has 1 unspecified atom stereocenters. The maximum absolute atomic E-state index is 12.6. The lowest BCUT2D eigenvalue weighted by Gasteiger charge is -2.31. The van der Waals surface area contributed by atoms with Crippen LogP contribution in [0.3, 0.4) is 0 Å². The van der Waals surface area contributed by atoms with Gasteiger partial charge in [0.2, 0.25) is 0 Å². The Balaban J connectivity index is 1.34. The Bertz CT molecular complexity index is 1020. The van der Waals surface area contributed by atoms with Crippen molar-refractivity contribution in [2.45, 2.75) is 26.1 Å². The summed E-state index contributed by atoms with van der Waals surface area (Å²) in [5.41, 5.74) is 3.73. The molecule has 1 saturated heterocycles. The first-order valence-corrected chi connectivity index (χ1v) is 11.3. The highest BCUT2D eigenvalue weighted by Crippen LogP contribution is 2.25. The van der Waals surface area contributed by atoms with Crippen LogP contribution < -0.4 is 10.1 Å². The van der Waals surface area contributed by atoms with Gasteiger partial charge in [-0.2, -0.15) is 0 Å². The maximum Gasteiger partial charge on any atom is 0.271 e. The van der Waals surface area contributed by atoms with Gasteiger partial charge >= 0.3 is 0 Å². The summed E-state index contributed by atoms with van der Waals surface area (Å²) in [4.78, 5) is 19.5. The SMILES string of the molecule is COc1ccc(-c2nc(C(=O)NCc3cccc(CN4CCOC(C)C4)c3)cs2)cc1. The first-order chi connectivity index (χ1) is 15.1. The molecule has 162 valence electrons. The molecular weight excluding hydrogens is 410 g/mol. The number of carbonyl (C=O) groups is 1. The van der Waals surface area contributed by atoms with E-state index in [0.717, 1.165) is 48.1 Å². The average molecular weight is 438 g/mol. The van der Waals surface area contributed by atoms with Crippen LogP contribution in [-0.4, -0.2) is 48.7 Å². The molecule has 1 aliphatic heterocycles. The second kappa shape index (κ2) is 10.0. The number of morpholine rings is 1. The molecule has 0 bridgehead atoms. The van der Waals surface area contributed by atoms with E-state index in [9.17, 15) is 4.79 Å². The number of nitrogens with zero attached hydrogens (tertiary/aromatic N) is 2. The lowest BCUT2D eigenvalue weighted by atomic mass is 10.1. The zero-order chi connectivity index (χ0) is 21.6. The van der Waals surface area contributed by atoms with Crippen molar-refractivity contribution in [2.75, 3.05) is 26.8 Å². The molecule has 0 radical (unpaired) electrons. The molecule has 4 rings (SSSR count). The van der Waals surface area contributed by atoms with Gasteiger partial charge in [-0.3, -0.25) is 9.69 Å². The highest BCUT2D eigenvalue weighted by Gasteiger charge is 2.17. The third-order valence-electron chi connectivity index (χ3n) is 5.25. The van der Waals surface area contributed by atoms with Crippen molar-refractivity contribution < 1.29 is 14.3 Å². The van der Waals surface area contributed by atoms with E-state index < -0.39 is 0 Å². The van der Waals surface area contributed by atoms with Gasteiger partial charge in [0.25, 0.3) is 5.91 Å². The third-order valence-corrected chi connectivity index (χ3v) is 6.14. The van der Waals surface area contributed by atoms with Gasteiger partial charge in [0.1, 0.15) is 16.5 Å². The summed E-state index contributed by atoms with van der Waals surface area (Å²) in [5.74, 6) is 0.632. The lowest BCUT2D eigenvalue weighted by Crippen LogP contribution is -2.40. The monoisotopic (exact) mass is 437 g/mol. The van der Waals surface area contributed by atoms with Crippen molar-refractivity contribution >= 4 is 17.2 Å². The van der Waals surface area contributed by atoms with E-state index in [-0.39, 0.29) is 12.0 Å². The molecule has 6 nitrogen and oxygen atoms in total. The summed E-state index contributed by atoms with van der Waals surface area (Å²) in [7, 11) is 1.64. The fourth-order valence-corrected chi connectivity index (χ4v) is 4.45. The second-order valence-corrected chi connectivity index (χ2v) is 8.54. The summed E-state index contributed by atoms with van der Waals surface area (Å²) in [6, 6.07) is 16.0. The van der Waals surface area contributed by atoms with E-state index in [1.54, 1.807) is 12.5 Å². The Labute approximate surface area is 186 Å². The van der Waals surface area contributed by atoms with Crippen LogP contribution in [0.25, 0.3) is 10.6 Å². The average Bonchev–Trinajstić information content (AvgIpc) is 3.28.